The topological polar surface area (TPSA) is 40.5 Å². The van der Waals surface area contributed by atoms with Crippen LogP contribution in [0.4, 0.5) is 5.69 Å². The molecule has 2 aromatic rings. The van der Waals surface area contributed by atoms with Gasteiger partial charge in [-0.2, -0.15) is 0 Å². The van der Waals surface area contributed by atoms with Gasteiger partial charge in [0.15, 0.2) is 0 Å². The molecule has 0 aromatic heterocycles. The molecule has 0 saturated carbocycles. The second-order valence-electron chi connectivity index (χ2n) is 5.27. The first-order valence-corrected chi connectivity index (χ1v) is 6.79. The van der Waals surface area contributed by atoms with Gasteiger partial charge < -0.3 is 10.0 Å². The fourth-order valence-electron chi connectivity index (χ4n) is 2.81. The largest absolute Gasteiger partial charge is 0.478 e. The number of carboxylic acid groups (broad SMARTS) is 1. The molecule has 102 valence electrons. The molecule has 2 aromatic carbocycles. The van der Waals surface area contributed by atoms with Crippen molar-refractivity contribution < 1.29 is 9.90 Å². The minimum Gasteiger partial charge on any atom is -0.478 e. The van der Waals surface area contributed by atoms with Gasteiger partial charge in [-0.1, -0.05) is 36.4 Å². The molecule has 0 amide bonds. The molecule has 3 rings (SSSR count). The van der Waals surface area contributed by atoms with Crippen molar-refractivity contribution in [3.63, 3.8) is 0 Å². The fraction of sp³-hybridized carbons (Fsp3) is 0.235. The number of benzene rings is 2. The molecule has 1 fully saturated rings. The van der Waals surface area contributed by atoms with Gasteiger partial charge in [0.2, 0.25) is 0 Å². The normalized spacial score (nSPS) is 14.9. The minimum absolute atomic E-state index is 0.394. The van der Waals surface area contributed by atoms with E-state index in [0.717, 1.165) is 24.3 Å². The number of anilines is 1. The summed E-state index contributed by atoms with van der Waals surface area (Å²) in [5.41, 5.74) is 3.64. The van der Waals surface area contributed by atoms with Gasteiger partial charge in [0, 0.05) is 24.7 Å². The molecule has 3 nitrogen and oxygen atoms in total. The van der Waals surface area contributed by atoms with Gasteiger partial charge >= 0.3 is 5.97 Å². The number of rotatable bonds is 3. The second kappa shape index (κ2) is 5.00. The van der Waals surface area contributed by atoms with Crippen molar-refractivity contribution in [3.8, 4) is 0 Å². The van der Waals surface area contributed by atoms with Gasteiger partial charge in [-0.25, -0.2) is 4.79 Å². The van der Waals surface area contributed by atoms with Crippen LogP contribution in [-0.4, -0.2) is 24.2 Å². The third kappa shape index (κ3) is 2.16. The van der Waals surface area contributed by atoms with Gasteiger partial charge in [0.25, 0.3) is 0 Å². The Balaban J connectivity index is 1.78. The minimum atomic E-state index is -0.857. The van der Waals surface area contributed by atoms with Gasteiger partial charge in [0.1, 0.15) is 0 Å². The van der Waals surface area contributed by atoms with Crippen molar-refractivity contribution in [3.05, 3.63) is 65.2 Å². The van der Waals surface area contributed by atoms with E-state index in [4.69, 9.17) is 0 Å². The quantitative estimate of drug-likeness (QED) is 0.927. The fourth-order valence-corrected chi connectivity index (χ4v) is 2.81. The van der Waals surface area contributed by atoms with Crippen LogP contribution in [0.5, 0.6) is 0 Å². The first-order chi connectivity index (χ1) is 9.66. The smallest absolute Gasteiger partial charge is 0.336 e. The predicted molar refractivity (Wildman–Crippen MR) is 79.5 cm³/mol. The van der Waals surface area contributed by atoms with E-state index < -0.39 is 5.97 Å². The maximum Gasteiger partial charge on any atom is 0.336 e. The van der Waals surface area contributed by atoms with Crippen LogP contribution in [-0.2, 0) is 0 Å². The van der Waals surface area contributed by atoms with Gasteiger partial charge in [-0.3, -0.25) is 0 Å². The summed E-state index contributed by atoms with van der Waals surface area (Å²) < 4.78 is 0. The maximum atomic E-state index is 11.2. The lowest BCUT2D eigenvalue weighted by Crippen LogP contribution is -2.45. The molecule has 0 unspecified atom stereocenters. The Morgan fingerprint density at radius 1 is 1.10 bits per heavy atom. The number of hydrogen-bond acceptors (Lipinski definition) is 2. The Morgan fingerprint density at radius 2 is 1.80 bits per heavy atom. The summed E-state index contributed by atoms with van der Waals surface area (Å²) in [7, 11) is 0. The molecule has 1 aliphatic rings. The van der Waals surface area contributed by atoms with E-state index in [0.29, 0.717) is 11.5 Å². The number of hydrogen-bond donors (Lipinski definition) is 1. The van der Waals surface area contributed by atoms with Crippen LogP contribution < -0.4 is 4.90 Å². The summed E-state index contributed by atoms with van der Waals surface area (Å²) in [5.74, 6) is -0.312. The number of aromatic carboxylic acids is 1. The van der Waals surface area contributed by atoms with Crippen molar-refractivity contribution >= 4 is 11.7 Å². The molecule has 1 aliphatic heterocycles. The van der Waals surface area contributed by atoms with E-state index in [1.807, 2.05) is 25.1 Å². The maximum absolute atomic E-state index is 11.2. The van der Waals surface area contributed by atoms with Crippen LogP contribution in [0.1, 0.15) is 27.4 Å². The Hall–Kier alpha value is -2.29. The second-order valence-corrected chi connectivity index (χ2v) is 5.27. The summed E-state index contributed by atoms with van der Waals surface area (Å²) in [6, 6.07) is 16.0. The van der Waals surface area contributed by atoms with Crippen LogP contribution in [0.2, 0.25) is 0 Å². The third-order valence-corrected chi connectivity index (χ3v) is 4.03. The molecular weight excluding hydrogens is 250 g/mol. The molecule has 0 bridgehead atoms. The van der Waals surface area contributed by atoms with E-state index in [1.165, 1.54) is 5.56 Å². The molecule has 0 atom stereocenters. The van der Waals surface area contributed by atoms with Crippen molar-refractivity contribution in [1.29, 1.82) is 0 Å². The lowest BCUT2D eigenvalue weighted by Gasteiger charge is -2.42. The Morgan fingerprint density at radius 3 is 2.45 bits per heavy atom. The Bertz CT molecular complexity index is 631. The zero-order chi connectivity index (χ0) is 14.1. The molecule has 3 heteroatoms. The van der Waals surface area contributed by atoms with Gasteiger partial charge in [0.05, 0.1) is 5.56 Å². The standard InChI is InChI=1S/C17H17NO2/c1-12-15(17(19)20)8-5-9-16(12)18-10-14(11-18)13-6-3-2-4-7-13/h2-9,14H,10-11H2,1H3,(H,19,20). The number of nitrogens with zero attached hydrogens (tertiary/aromatic N) is 1. The highest BCUT2D eigenvalue weighted by atomic mass is 16.4. The first-order valence-electron chi connectivity index (χ1n) is 6.79. The monoisotopic (exact) mass is 267 g/mol. The van der Waals surface area contributed by atoms with Crippen molar-refractivity contribution in [1.82, 2.24) is 0 Å². The van der Waals surface area contributed by atoms with Gasteiger partial charge in [-0.15, -0.1) is 0 Å². The summed E-state index contributed by atoms with van der Waals surface area (Å²) in [5, 5.41) is 9.17. The highest BCUT2D eigenvalue weighted by Crippen LogP contribution is 2.34. The summed E-state index contributed by atoms with van der Waals surface area (Å²) in [6.45, 7) is 3.79. The lowest BCUT2D eigenvalue weighted by molar-refractivity contribution is 0.0696. The zero-order valence-electron chi connectivity index (χ0n) is 11.4. The summed E-state index contributed by atoms with van der Waals surface area (Å²) >= 11 is 0. The van der Waals surface area contributed by atoms with Crippen LogP contribution in [0, 0.1) is 6.92 Å². The number of carboxylic acids is 1. The molecule has 1 N–H and O–H groups in total. The number of carbonyl (C=O) groups is 1. The highest BCUT2D eigenvalue weighted by Gasteiger charge is 2.29. The van der Waals surface area contributed by atoms with Crippen LogP contribution in [0.25, 0.3) is 0 Å². The third-order valence-electron chi connectivity index (χ3n) is 4.03. The van der Waals surface area contributed by atoms with Crippen molar-refractivity contribution in [2.45, 2.75) is 12.8 Å². The SMILES string of the molecule is Cc1c(C(=O)O)cccc1N1CC(c2ccccc2)C1. The Labute approximate surface area is 118 Å². The van der Waals surface area contributed by atoms with Crippen molar-refractivity contribution in [2.75, 3.05) is 18.0 Å². The zero-order valence-corrected chi connectivity index (χ0v) is 11.4. The van der Waals surface area contributed by atoms with Crippen LogP contribution in [0.3, 0.4) is 0 Å². The molecule has 1 heterocycles. The molecule has 0 radical (unpaired) electrons. The molecule has 0 aliphatic carbocycles. The van der Waals surface area contributed by atoms with Crippen LogP contribution >= 0.6 is 0 Å². The molecule has 20 heavy (non-hydrogen) atoms. The average molecular weight is 267 g/mol. The first kappa shape index (κ1) is 12.7. The van der Waals surface area contributed by atoms with E-state index in [-0.39, 0.29) is 0 Å². The molecule has 1 saturated heterocycles. The van der Waals surface area contributed by atoms with E-state index in [9.17, 15) is 9.90 Å². The van der Waals surface area contributed by atoms with Crippen LogP contribution in [0.15, 0.2) is 48.5 Å². The Kier molecular flexibility index (Phi) is 3.18. The van der Waals surface area contributed by atoms with Crippen molar-refractivity contribution in [2.24, 2.45) is 0 Å². The predicted octanol–water partition coefficient (Wildman–Crippen LogP) is 3.30. The lowest BCUT2D eigenvalue weighted by atomic mass is 9.90. The van der Waals surface area contributed by atoms with E-state index >= 15 is 0 Å². The van der Waals surface area contributed by atoms with E-state index in [1.54, 1.807) is 6.07 Å². The van der Waals surface area contributed by atoms with E-state index in [2.05, 4.69) is 29.2 Å². The summed E-state index contributed by atoms with van der Waals surface area (Å²) in [6.07, 6.45) is 0. The molecular formula is C17H17NO2. The molecule has 0 spiro atoms. The van der Waals surface area contributed by atoms with Gasteiger partial charge in [-0.05, 0) is 30.2 Å². The summed E-state index contributed by atoms with van der Waals surface area (Å²) in [4.78, 5) is 13.4. The average Bonchev–Trinajstić information content (AvgIpc) is 2.40. The highest BCUT2D eigenvalue weighted by molar-refractivity contribution is 5.91.